The van der Waals surface area contributed by atoms with Crippen LogP contribution < -0.4 is 16.0 Å². The number of anilines is 1. The molecule has 0 bridgehead atoms. The van der Waals surface area contributed by atoms with Gasteiger partial charge in [-0.2, -0.15) is 0 Å². The molecule has 16 nitrogen and oxygen atoms in total. The molecule has 3 rings (SSSR count). The average Bonchev–Trinajstić information content (AvgIpc) is 3.37. The molecular formula is C41H56ClFN6O10. The van der Waals surface area contributed by atoms with Gasteiger partial charge in [0.25, 0.3) is 0 Å². The van der Waals surface area contributed by atoms with Crippen molar-refractivity contribution in [3.8, 4) is 0 Å². The Hall–Kier alpha value is -5.45. The summed E-state index contributed by atoms with van der Waals surface area (Å²) in [4.78, 5) is 86.3. The fourth-order valence-electron chi connectivity index (χ4n) is 5.61. The SMILES string of the molecule is CN(Cc1ccc2c(c1)[C@H](NC(=O)C(=O)Nc1ccc(Cl)c(F)c1)[C@@H](CN(C(=O)OC(C)(C)C)/C(=N\C(=O)OC(C)(C)C)NC(=O)OC(C)(C)C)C2)C(=O)OC(C)(C)C. The molecule has 0 aliphatic heterocycles. The predicted molar refractivity (Wildman–Crippen MR) is 218 cm³/mol. The molecule has 6 amide bonds. The van der Waals surface area contributed by atoms with Crippen LogP contribution in [0, 0.1) is 11.7 Å². The number of benzene rings is 2. The Kier molecular flexibility index (Phi) is 15.1. The number of alkyl carbamates (subject to hydrolysis) is 1. The highest BCUT2D eigenvalue weighted by Gasteiger charge is 2.40. The van der Waals surface area contributed by atoms with Crippen LogP contribution in [0.4, 0.5) is 29.3 Å². The van der Waals surface area contributed by atoms with Crippen molar-refractivity contribution in [3.05, 3.63) is 63.9 Å². The van der Waals surface area contributed by atoms with Gasteiger partial charge in [0.1, 0.15) is 28.2 Å². The van der Waals surface area contributed by atoms with E-state index >= 15 is 0 Å². The molecule has 59 heavy (non-hydrogen) atoms. The molecule has 3 N–H and O–H groups in total. The predicted octanol–water partition coefficient (Wildman–Crippen LogP) is 7.87. The molecule has 0 aromatic heterocycles. The largest absolute Gasteiger partial charge is 0.444 e. The van der Waals surface area contributed by atoms with E-state index in [1.807, 2.05) is 0 Å². The lowest BCUT2D eigenvalue weighted by Crippen LogP contribution is -2.53. The van der Waals surface area contributed by atoms with Gasteiger partial charge in [0.05, 0.1) is 11.1 Å². The Morgan fingerprint density at radius 3 is 1.92 bits per heavy atom. The van der Waals surface area contributed by atoms with E-state index in [0.29, 0.717) is 16.7 Å². The number of carbonyl (C=O) groups excluding carboxylic acids is 6. The van der Waals surface area contributed by atoms with Crippen LogP contribution in [-0.2, 0) is 41.5 Å². The third-order valence-electron chi connectivity index (χ3n) is 7.78. The number of nitrogens with one attached hydrogen (secondary N) is 3. The van der Waals surface area contributed by atoms with Crippen LogP contribution >= 0.6 is 11.6 Å². The zero-order valence-corrected chi connectivity index (χ0v) is 36.7. The summed E-state index contributed by atoms with van der Waals surface area (Å²) in [6.45, 7) is 19.5. The van der Waals surface area contributed by atoms with E-state index in [0.717, 1.165) is 11.0 Å². The number of nitrogens with zero attached hydrogens (tertiary/aromatic N) is 3. The third kappa shape index (κ3) is 15.7. The number of hydrogen-bond donors (Lipinski definition) is 3. The Morgan fingerprint density at radius 2 is 1.36 bits per heavy atom. The van der Waals surface area contributed by atoms with Crippen molar-refractivity contribution in [1.82, 2.24) is 20.4 Å². The Bertz CT molecular complexity index is 1960. The second-order valence-corrected chi connectivity index (χ2v) is 18.4. The van der Waals surface area contributed by atoms with Crippen molar-refractivity contribution < 1.29 is 52.1 Å². The van der Waals surface area contributed by atoms with E-state index in [1.54, 1.807) is 108 Å². The molecule has 0 saturated carbocycles. The number of halogens is 2. The van der Waals surface area contributed by atoms with Crippen molar-refractivity contribution >= 4 is 59.4 Å². The first kappa shape index (κ1) is 47.9. The first-order valence-corrected chi connectivity index (χ1v) is 19.2. The molecule has 324 valence electrons. The maximum atomic E-state index is 14.2. The number of guanidine groups is 1. The van der Waals surface area contributed by atoms with E-state index in [1.165, 1.54) is 17.0 Å². The van der Waals surface area contributed by atoms with Crippen molar-refractivity contribution in [1.29, 1.82) is 0 Å². The molecule has 0 heterocycles. The minimum atomic E-state index is -1.15. The van der Waals surface area contributed by atoms with Gasteiger partial charge >= 0.3 is 36.2 Å². The van der Waals surface area contributed by atoms with Gasteiger partial charge in [-0.25, -0.2) is 28.5 Å². The van der Waals surface area contributed by atoms with Gasteiger partial charge < -0.3 is 34.5 Å². The highest BCUT2D eigenvalue weighted by molar-refractivity contribution is 6.39. The van der Waals surface area contributed by atoms with Crippen molar-refractivity contribution in [3.63, 3.8) is 0 Å². The fourth-order valence-corrected chi connectivity index (χ4v) is 5.72. The van der Waals surface area contributed by atoms with Crippen LogP contribution in [0.25, 0.3) is 0 Å². The maximum Gasteiger partial charge on any atom is 0.437 e. The molecule has 1 aliphatic rings. The summed E-state index contributed by atoms with van der Waals surface area (Å²) < 4.78 is 36.2. The third-order valence-corrected chi connectivity index (χ3v) is 8.09. The quantitative estimate of drug-likeness (QED) is 0.111. The number of aliphatic imine (C=N–C) groups is 1. The van der Waals surface area contributed by atoms with Gasteiger partial charge in [0, 0.05) is 31.7 Å². The monoisotopic (exact) mass is 846 g/mol. The Labute approximate surface area is 349 Å². The van der Waals surface area contributed by atoms with Gasteiger partial charge in [-0.3, -0.25) is 14.9 Å². The average molecular weight is 847 g/mol. The van der Waals surface area contributed by atoms with Crippen LogP contribution in [0.2, 0.25) is 5.02 Å². The first-order chi connectivity index (χ1) is 26.9. The lowest BCUT2D eigenvalue weighted by Gasteiger charge is -2.32. The van der Waals surface area contributed by atoms with Crippen LogP contribution in [0.15, 0.2) is 41.4 Å². The smallest absolute Gasteiger partial charge is 0.437 e. The van der Waals surface area contributed by atoms with Crippen molar-refractivity contribution in [2.24, 2.45) is 10.9 Å². The Balaban J connectivity index is 2.13. The minimum Gasteiger partial charge on any atom is -0.444 e. The van der Waals surface area contributed by atoms with Crippen LogP contribution in [-0.4, -0.2) is 87.9 Å². The molecule has 0 saturated heterocycles. The van der Waals surface area contributed by atoms with Gasteiger partial charge in [-0.05, 0) is 124 Å². The van der Waals surface area contributed by atoms with E-state index in [4.69, 9.17) is 30.5 Å². The molecule has 0 spiro atoms. The second kappa shape index (κ2) is 18.6. The van der Waals surface area contributed by atoms with Crippen LogP contribution in [0.3, 0.4) is 0 Å². The molecule has 2 aromatic carbocycles. The minimum absolute atomic E-state index is 0.0322. The summed E-state index contributed by atoms with van der Waals surface area (Å²) in [6, 6.07) is 7.81. The first-order valence-electron chi connectivity index (χ1n) is 18.8. The number of rotatable bonds is 6. The van der Waals surface area contributed by atoms with Crippen LogP contribution in [0.1, 0.15) is 106 Å². The molecular weight excluding hydrogens is 791 g/mol. The summed E-state index contributed by atoms with van der Waals surface area (Å²) in [6.07, 6.45) is -3.61. The topological polar surface area (TPSA) is 194 Å². The zero-order chi connectivity index (χ0) is 44.8. The molecule has 0 fully saturated rings. The van der Waals surface area contributed by atoms with Gasteiger partial charge in [-0.1, -0.05) is 29.8 Å². The number of amides is 6. The fraction of sp³-hybridized carbons (Fsp3) is 0.537. The molecule has 0 unspecified atom stereocenters. The van der Waals surface area contributed by atoms with E-state index in [2.05, 4.69) is 20.9 Å². The maximum absolute atomic E-state index is 14.2. The summed E-state index contributed by atoms with van der Waals surface area (Å²) in [5, 5.41) is 7.30. The lowest BCUT2D eigenvalue weighted by molar-refractivity contribution is -0.136. The number of hydrogen-bond acceptors (Lipinski definition) is 10. The van der Waals surface area contributed by atoms with Gasteiger partial charge in [0.15, 0.2) is 0 Å². The van der Waals surface area contributed by atoms with Crippen LogP contribution in [0.5, 0.6) is 0 Å². The van der Waals surface area contributed by atoms with E-state index < -0.39 is 82.3 Å². The summed E-state index contributed by atoms with van der Waals surface area (Å²) in [7, 11) is 1.56. The van der Waals surface area contributed by atoms with Gasteiger partial charge in [0.2, 0.25) is 5.96 Å². The number of fused-ring (bicyclic) bond motifs is 1. The zero-order valence-electron chi connectivity index (χ0n) is 35.9. The van der Waals surface area contributed by atoms with Gasteiger partial charge in [-0.15, -0.1) is 4.99 Å². The normalized spacial score (nSPS) is 15.6. The Morgan fingerprint density at radius 1 is 0.780 bits per heavy atom. The standard InChI is InChI=1S/C41H56ClFN6O10/c1-38(2,3)56-34(52)46-33(47-35(53)57-39(4,5)6)49(37(55)59-41(10,11)12)22-25-19-24-15-14-23(21-48(13)36(54)58-40(7,8)9)18-27(24)30(25)45-32(51)31(50)44-26-16-17-28(42)29(43)20-26/h14-18,20,25,30H,19,21-22H2,1-13H3,(H,44,50)(H,45,51)(H,46,47,52,53)/t25-,30-/m1/s1. The highest BCUT2D eigenvalue weighted by Crippen LogP contribution is 2.38. The summed E-state index contributed by atoms with van der Waals surface area (Å²) >= 11 is 5.78. The summed E-state index contributed by atoms with van der Waals surface area (Å²) in [5.74, 6) is -4.43. The summed E-state index contributed by atoms with van der Waals surface area (Å²) in [5.41, 5.74) is -1.96. The van der Waals surface area contributed by atoms with Crippen molar-refractivity contribution in [2.45, 2.75) is 124 Å². The van der Waals surface area contributed by atoms with E-state index in [-0.39, 0.29) is 30.2 Å². The number of ether oxygens (including phenoxy) is 4. The molecule has 2 aromatic rings. The highest BCUT2D eigenvalue weighted by atomic mass is 35.5. The second-order valence-electron chi connectivity index (χ2n) is 18.0. The molecule has 2 atom stereocenters. The van der Waals surface area contributed by atoms with Crippen molar-refractivity contribution in [2.75, 3.05) is 18.9 Å². The lowest BCUT2D eigenvalue weighted by atomic mass is 9.98. The van der Waals surface area contributed by atoms with E-state index in [9.17, 15) is 33.2 Å². The number of carbonyl (C=O) groups is 6. The molecule has 18 heteroatoms. The molecule has 1 aliphatic carbocycles. The molecule has 0 radical (unpaired) electrons.